The zero-order valence-electron chi connectivity index (χ0n) is 11.3. The molecule has 0 unspecified atom stereocenters. The molecular formula is C15H17ClN2O2. The number of carbonyl (C=O) groups is 1. The summed E-state index contributed by atoms with van der Waals surface area (Å²) in [5.74, 6) is -0.350. The van der Waals surface area contributed by atoms with Crippen LogP contribution in [0.25, 0.3) is 0 Å². The molecule has 20 heavy (non-hydrogen) atoms. The molecule has 4 nitrogen and oxygen atoms in total. The lowest BCUT2D eigenvalue weighted by molar-refractivity contribution is 0.0594. The van der Waals surface area contributed by atoms with Crippen LogP contribution in [0.2, 0.25) is 5.02 Å². The number of rotatable bonds is 6. The van der Waals surface area contributed by atoms with Gasteiger partial charge in [0.1, 0.15) is 5.69 Å². The average molecular weight is 293 g/mol. The molecule has 2 rings (SSSR count). The summed E-state index contributed by atoms with van der Waals surface area (Å²) in [4.78, 5) is 14.3. The second kappa shape index (κ2) is 7.12. The number of aromatic nitrogens is 1. The molecule has 2 N–H and O–H groups in total. The van der Waals surface area contributed by atoms with Gasteiger partial charge in [-0.25, -0.2) is 4.79 Å². The van der Waals surface area contributed by atoms with Gasteiger partial charge in [0.05, 0.1) is 7.11 Å². The highest BCUT2D eigenvalue weighted by Crippen LogP contribution is 2.09. The lowest BCUT2D eigenvalue weighted by atomic mass is 10.1. The van der Waals surface area contributed by atoms with Crippen LogP contribution < -0.4 is 5.32 Å². The van der Waals surface area contributed by atoms with Crippen molar-refractivity contribution in [3.05, 3.63) is 58.4 Å². The molecule has 1 aromatic carbocycles. The number of halogens is 1. The number of benzene rings is 1. The minimum absolute atomic E-state index is 0.350. The molecule has 0 spiro atoms. The van der Waals surface area contributed by atoms with Gasteiger partial charge < -0.3 is 15.0 Å². The molecule has 0 saturated carbocycles. The van der Waals surface area contributed by atoms with Crippen LogP contribution in [-0.2, 0) is 17.7 Å². The summed E-state index contributed by atoms with van der Waals surface area (Å²) in [6.07, 6.45) is 0.932. The first-order chi connectivity index (χ1) is 9.69. The van der Waals surface area contributed by atoms with E-state index in [1.807, 2.05) is 30.3 Å². The maximum atomic E-state index is 11.3. The summed E-state index contributed by atoms with van der Waals surface area (Å²) in [5.41, 5.74) is 2.67. The van der Waals surface area contributed by atoms with E-state index in [0.717, 1.165) is 23.7 Å². The largest absolute Gasteiger partial charge is 0.464 e. The maximum absolute atomic E-state index is 11.3. The third-order valence-corrected chi connectivity index (χ3v) is 3.22. The second-order valence-corrected chi connectivity index (χ2v) is 4.88. The van der Waals surface area contributed by atoms with Gasteiger partial charge in [-0.05, 0) is 42.8 Å². The second-order valence-electron chi connectivity index (χ2n) is 4.44. The van der Waals surface area contributed by atoms with Crippen molar-refractivity contribution >= 4 is 17.6 Å². The summed E-state index contributed by atoms with van der Waals surface area (Å²) >= 11 is 5.84. The van der Waals surface area contributed by atoms with Crippen molar-refractivity contribution in [3.8, 4) is 0 Å². The Morgan fingerprint density at radius 3 is 2.70 bits per heavy atom. The molecule has 1 heterocycles. The predicted molar refractivity (Wildman–Crippen MR) is 79.0 cm³/mol. The fourth-order valence-electron chi connectivity index (χ4n) is 1.88. The van der Waals surface area contributed by atoms with Gasteiger partial charge in [0.25, 0.3) is 0 Å². The Kier molecular flexibility index (Phi) is 5.21. The average Bonchev–Trinajstić information content (AvgIpc) is 2.93. The first kappa shape index (κ1) is 14.6. The number of esters is 1. The van der Waals surface area contributed by atoms with Crippen molar-refractivity contribution in [2.75, 3.05) is 13.7 Å². The number of carbonyl (C=O) groups excluding carboxylic acids is 1. The monoisotopic (exact) mass is 292 g/mol. The van der Waals surface area contributed by atoms with Crippen LogP contribution >= 0.6 is 11.6 Å². The van der Waals surface area contributed by atoms with Gasteiger partial charge in [-0.2, -0.15) is 0 Å². The van der Waals surface area contributed by atoms with Crippen molar-refractivity contribution in [2.24, 2.45) is 0 Å². The van der Waals surface area contributed by atoms with E-state index in [4.69, 9.17) is 11.6 Å². The van der Waals surface area contributed by atoms with Gasteiger partial charge in [0.15, 0.2) is 0 Å². The van der Waals surface area contributed by atoms with E-state index in [9.17, 15) is 4.79 Å². The number of hydrogen-bond acceptors (Lipinski definition) is 3. The van der Waals surface area contributed by atoms with Gasteiger partial charge in [0, 0.05) is 17.3 Å². The van der Waals surface area contributed by atoms with Crippen LogP contribution in [0.3, 0.4) is 0 Å². The van der Waals surface area contributed by atoms with E-state index < -0.39 is 0 Å². The third-order valence-electron chi connectivity index (χ3n) is 2.97. The van der Waals surface area contributed by atoms with Crippen LogP contribution in [0.1, 0.15) is 21.7 Å². The van der Waals surface area contributed by atoms with Crippen LogP contribution in [0.15, 0.2) is 36.4 Å². The van der Waals surface area contributed by atoms with E-state index >= 15 is 0 Å². The molecule has 0 radical (unpaired) electrons. The van der Waals surface area contributed by atoms with Crippen LogP contribution in [0.4, 0.5) is 0 Å². The highest BCUT2D eigenvalue weighted by Gasteiger charge is 2.07. The number of aromatic amines is 1. The molecule has 0 atom stereocenters. The Bertz CT molecular complexity index is 564. The quantitative estimate of drug-likeness (QED) is 0.636. The number of hydrogen-bond donors (Lipinski definition) is 2. The van der Waals surface area contributed by atoms with Crippen molar-refractivity contribution in [2.45, 2.75) is 13.0 Å². The van der Waals surface area contributed by atoms with Gasteiger partial charge in [-0.15, -0.1) is 0 Å². The highest BCUT2D eigenvalue weighted by molar-refractivity contribution is 6.30. The zero-order chi connectivity index (χ0) is 14.4. The summed E-state index contributed by atoms with van der Waals surface area (Å²) in [6, 6.07) is 11.4. The maximum Gasteiger partial charge on any atom is 0.354 e. The summed E-state index contributed by atoms with van der Waals surface area (Å²) in [5, 5.41) is 4.07. The predicted octanol–water partition coefficient (Wildman–Crippen LogP) is 2.79. The molecule has 1 aromatic heterocycles. The van der Waals surface area contributed by atoms with E-state index in [1.54, 1.807) is 6.07 Å². The normalized spacial score (nSPS) is 10.5. The number of ether oxygens (including phenoxy) is 1. The molecule has 5 heteroatoms. The fourth-order valence-corrected chi connectivity index (χ4v) is 2.01. The topological polar surface area (TPSA) is 54.1 Å². The smallest absolute Gasteiger partial charge is 0.354 e. The van der Waals surface area contributed by atoms with Gasteiger partial charge in [0.2, 0.25) is 0 Å². The van der Waals surface area contributed by atoms with Gasteiger partial charge in [-0.3, -0.25) is 0 Å². The number of methoxy groups -OCH3 is 1. The van der Waals surface area contributed by atoms with Crippen LogP contribution in [-0.4, -0.2) is 24.6 Å². The third kappa shape index (κ3) is 4.11. The van der Waals surface area contributed by atoms with Crippen LogP contribution in [0.5, 0.6) is 0 Å². The highest BCUT2D eigenvalue weighted by atomic mass is 35.5. The van der Waals surface area contributed by atoms with E-state index in [0.29, 0.717) is 12.2 Å². The molecule has 0 bridgehead atoms. The lowest BCUT2D eigenvalue weighted by Crippen LogP contribution is -2.17. The lowest BCUT2D eigenvalue weighted by Gasteiger charge is -2.04. The van der Waals surface area contributed by atoms with E-state index in [1.165, 1.54) is 12.7 Å². The Balaban J connectivity index is 1.74. The first-order valence-electron chi connectivity index (χ1n) is 6.40. The minimum atomic E-state index is -0.350. The molecule has 106 valence electrons. The molecule has 0 fully saturated rings. The Morgan fingerprint density at radius 1 is 1.25 bits per heavy atom. The molecule has 0 aliphatic carbocycles. The van der Waals surface area contributed by atoms with Crippen LogP contribution in [0, 0.1) is 0 Å². The molecule has 0 saturated heterocycles. The molecule has 0 aliphatic heterocycles. The van der Waals surface area contributed by atoms with E-state index in [2.05, 4.69) is 15.0 Å². The molecule has 0 amide bonds. The number of H-pyrrole nitrogens is 1. The Hall–Kier alpha value is -1.78. The molecular weight excluding hydrogens is 276 g/mol. The van der Waals surface area contributed by atoms with Gasteiger partial charge >= 0.3 is 5.97 Å². The molecule has 0 aliphatic rings. The van der Waals surface area contributed by atoms with E-state index in [-0.39, 0.29) is 5.97 Å². The van der Waals surface area contributed by atoms with Crippen molar-refractivity contribution in [3.63, 3.8) is 0 Å². The Morgan fingerprint density at radius 2 is 2.00 bits per heavy atom. The SMILES string of the molecule is COC(=O)c1ccc(CNCCc2ccc(Cl)cc2)[nH]1. The standard InChI is InChI=1S/C15H17ClN2O2/c1-20-15(19)14-7-6-13(18-14)10-17-9-8-11-2-4-12(16)5-3-11/h2-7,17-18H,8-10H2,1H3. The number of nitrogens with one attached hydrogen (secondary N) is 2. The summed E-state index contributed by atoms with van der Waals surface area (Å²) in [6.45, 7) is 1.54. The molecule has 2 aromatic rings. The first-order valence-corrected chi connectivity index (χ1v) is 6.78. The van der Waals surface area contributed by atoms with Crippen molar-refractivity contribution < 1.29 is 9.53 Å². The van der Waals surface area contributed by atoms with Crippen molar-refractivity contribution in [1.82, 2.24) is 10.3 Å². The Labute approximate surface area is 123 Å². The summed E-state index contributed by atoms with van der Waals surface area (Å²) < 4.78 is 4.64. The zero-order valence-corrected chi connectivity index (χ0v) is 12.0. The summed E-state index contributed by atoms with van der Waals surface area (Å²) in [7, 11) is 1.37. The minimum Gasteiger partial charge on any atom is -0.464 e. The van der Waals surface area contributed by atoms with Crippen molar-refractivity contribution in [1.29, 1.82) is 0 Å². The van der Waals surface area contributed by atoms with Gasteiger partial charge in [-0.1, -0.05) is 23.7 Å². The fraction of sp³-hybridized carbons (Fsp3) is 0.267.